The van der Waals surface area contributed by atoms with Crippen LogP contribution >= 0.6 is 11.6 Å². The molecule has 1 heterocycles. The van der Waals surface area contributed by atoms with E-state index in [-0.39, 0.29) is 11.3 Å². The Morgan fingerprint density at radius 2 is 1.81 bits per heavy atom. The minimum atomic E-state index is -0.827. The maximum absolute atomic E-state index is 13.1. The number of nitrogens with one attached hydrogen (secondary N) is 1. The van der Waals surface area contributed by atoms with Gasteiger partial charge in [-0.1, -0.05) is 37.1 Å². The fraction of sp³-hybridized carbons (Fsp3) is 0.292. The van der Waals surface area contributed by atoms with Gasteiger partial charge in [0.1, 0.15) is 5.57 Å². The molecule has 4 amide bonds. The van der Waals surface area contributed by atoms with Gasteiger partial charge in [-0.3, -0.25) is 14.9 Å². The molecule has 0 saturated carbocycles. The summed E-state index contributed by atoms with van der Waals surface area (Å²) in [5, 5.41) is 2.62. The van der Waals surface area contributed by atoms with Gasteiger partial charge in [0, 0.05) is 5.02 Å². The number of nitrogens with zero attached hydrogens (tertiary/aromatic N) is 1. The van der Waals surface area contributed by atoms with Crippen molar-refractivity contribution in [2.45, 2.75) is 33.6 Å². The Kier molecular flexibility index (Phi) is 7.53. The Morgan fingerprint density at radius 3 is 2.50 bits per heavy atom. The topological polar surface area (TPSA) is 84.9 Å². The number of aryl methyl sites for hydroxylation is 1. The zero-order chi connectivity index (χ0) is 23.3. The van der Waals surface area contributed by atoms with Crippen molar-refractivity contribution in [1.82, 2.24) is 5.32 Å². The van der Waals surface area contributed by atoms with Crippen molar-refractivity contribution in [1.29, 1.82) is 0 Å². The van der Waals surface area contributed by atoms with Gasteiger partial charge in [0.05, 0.1) is 18.9 Å². The summed E-state index contributed by atoms with van der Waals surface area (Å²) in [6.45, 7) is 6.74. The number of hydrogen-bond acceptors (Lipinski definition) is 5. The predicted molar refractivity (Wildman–Crippen MR) is 123 cm³/mol. The molecule has 0 aliphatic carbocycles. The maximum atomic E-state index is 13.1. The molecule has 0 spiro atoms. The monoisotopic (exact) mass is 456 g/mol. The third-order valence-electron chi connectivity index (χ3n) is 4.85. The molecule has 1 saturated heterocycles. The van der Waals surface area contributed by atoms with Crippen molar-refractivity contribution < 1.29 is 23.9 Å². The van der Waals surface area contributed by atoms with Gasteiger partial charge in [-0.25, -0.2) is 9.69 Å². The van der Waals surface area contributed by atoms with Crippen LogP contribution in [-0.2, 0) is 9.59 Å². The Balaban J connectivity index is 1.94. The van der Waals surface area contributed by atoms with Crippen molar-refractivity contribution in [2.24, 2.45) is 0 Å². The van der Waals surface area contributed by atoms with E-state index in [1.54, 1.807) is 30.3 Å². The average molecular weight is 457 g/mol. The van der Waals surface area contributed by atoms with Gasteiger partial charge in [-0.15, -0.1) is 0 Å². The number of barbiturate groups is 1. The predicted octanol–water partition coefficient (Wildman–Crippen LogP) is 4.89. The van der Waals surface area contributed by atoms with Gasteiger partial charge >= 0.3 is 6.03 Å². The van der Waals surface area contributed by atoms with E-state index in [1.807, 2.05) is 13.8 Å². The molecule has 8 heteroatoms. The number of hydrogen-bond donors (Lipinski definition) is 1. The smallest absolute Gasteiger partial charge is 0.335 e. The first-order chi connectivity index (χ1) is 15.3. The van der Waals surface area contributed by atoms with Crippen LogP contribution in [0.2, 0.25) is 5.02 Å². The van der Waals surface area contributed by atoms with Crippen LogP contribution in [0.4, 0.5) is 10.5 Å². The molecule has 0 unspecified atom stereocenters. The van der Waals surface area contributed by atoms with Gasteiger partial charge in [0.15, 0.2) is 11.5 Å². The molecule has 7 nitrogen and oxygen atoms in total. The lowest BCUT2D eigenvalue weighted by atomic mass is 10.1. The van der Waals surface area contributed by atoms with Gasteiger partial charge < -0.3 is 9.47 Å². The van der Waals surface area contributed by atoms with E-state index in [4.69, 9.17) is 21.1 Å². The van der Waals surface area contributed by atoms with Crippen LogP contribution in [0.3, 0.4) is 0 Å². The number of unbranched alkanes of at least 4 members (excludes halogenated alkanes) is 1. The molecule has 1 aliphatic rings. The Hall–Kier alpha value is -3.32. The van der Waals surface area contributed by atoms with E-state index in [0.717, 1.165) is 23.3 Å². The molecule has 1 aliphatic heterocycles. The van der Waals surface area contributed by atoms with Crippen molar-refractivity contribution in [2.75, 3.05) is 18.1 Å². The SMILES string of the molecule is CCCCOc1ccc(/C=C2\C(=O)NC(=O)N(c3ccc(C)c(Cl)c3)C2=O)cc1OCC. The maximum Gasteiger partial charge on any atom is 0.335 e. The van der Waals surface area contributed by atoms with Gasteiger partial charge in [0.2, 0.25) is 0 Å². The van der Waals surface area contributed by atoms with E-state index in [1.165, 1.54) is 12.1 Å². The summed E-state index contributed by atoms with van der Waals surface area (Å²) in [5.74, 6) is -0.400. The number of amides is 4. The summed E-state index contributed by atoms with van der Waals surface area (Å²) < 4.78 is 11.4. The lowest BCUT2D eigenvalue weighted by Gasteiger charge is -2.26. The largest absolute Gasteiger partial charge is 0.490 e. The zero-order valence-corrected chi connectivity index (χ0v) is 19.0. The van der Waals surface area contributed by atoms with Crippen LogP contribution in [-0.4, -0.2) is 31.1 Å². The second kappa shape index (κ2) is 10.3. The highest BCUT2D eigenvalue weighted by Crippen LogP contribution is 2.31. The highest BCUT2D eigenvalue weighted by Gasteiger charge is 2.37. The molecule has 0 aromatic heterocycles. The van der Waals surface area contributed by atoms with E-state index >= 15 is 0 Å². The molecule has 2 aromatic rings. The van der Waals surface area contributed by atoms with Crippen LogP contribution in [0, 0.1) is 6.92 Å². The molecule has 1 N–H and O–H groups in total. The van der Waals surface area contributed by atoms with Crippen LogP contribution < -0.4 is 19.7 Å². The first-order valence-corrected chi connectivity index (χ1v) is 10.8. The summed E-state index contributed by atoms with van der Waals surface area (Å²) >= 11 is 6.15. The number of benzene rings is 2. The van der Waals surface area contributed by atoms with Crippen LogP contribution in [0.15, 0.2) is 42.0 Å². The first-order valence-electron chi connectivity index (χ1n) is 10.4. The summed E-state index contributed by atoms with van der Waals surface area (Å²) in [6, 6.07) is 9.14. The van der Waals surface area contributed by atoms with Crippen molar-refractivity contribution in [3.63, 3.8) is 0 Å². The fourth-order valence-corrected chi connectivity index (χ4v) is 3.28. The molecule has 32 heavy (non-hydrogen) atoms. The van der Waals surface area contributed by atoms with E-state index in [2.05, 4.69) is 12.2 Å². The van der Waals surface area contributed by atoms with E-state index in [9.17, 15) is 14.4 Å². The Morgan fingerprint density at radius 1 is 1.03 bits per heavy atom. The minimum Gasteiger partial charge on any atom is -0.490 e. The van der Waals surface area contributed by atoms with Crippen LogP contribution in [0.1, 0.15) is 37.8 Å². The lowest BCUT2D eigenvalue weighted by molar-refractivity contribution is -0.122. The number of urea groups is 1. The minimum absolute atomic E-state index is 0.177. The molecule has 0 radical (unpaired) electrons. The number of anilines is 1. The summed E-state index contributed by atoms with van der Waals surface area (Å²) in [5.41, 5.74) is 1.46. The molecule has 168 valence electrons. The van der Waals surface area contributed by atoms with Crippen molar-refractivity contribution in [3.05, 3.63) is 58.1 Å². The second-order valence-electron chi connectivity index (χ2n) is 7.23. The van der Waals surface area contributed by atoms with E-state index < -0.39 is 17.8 Å². The normalized spacial score (nSPS) is 15.2. The number of carbonyl (C=O) groups is 3. The number of rotatable bonds is 8. The number of halogens is 1. The standard InChI is InChI=1S/C24H25ClN2O5/c1-4-6-11-32-20-10-8-16(13-21(20)31-5-2)12-18-22(28)26-24(30)27(23(18)29)17-9-7-15(3)19(25)14-17/h7-10,12-14H,4-6,11H2,1-3H3,(H,26,28,30)/b18-12+. The summed E-state index contributed by atoms with van der Waals surface area (Å²) in [6.07, 6.45) is 3.34. The lowest BCUT2D eigenvalue weighted by Crippen LogP contribution is -2.54. The molecule has 3 rings (SSSR count). The van der Waals surface area contributed by atoms with Crippen LogP contribution in [0.5, 0.6) is 11.5 Å². The van der Waals surface area contributed by atoms with Gasteiger partial charge in [0.25, 0.3) is 11.8 Å². The van der Waals surface area contributed by atoms with Crippen molar-refractivity contribution in [3.8, 4) is 11.5 Å². The Bertz CT molecular complexity index is 1080. The summed E-state index contributed by atoms with van der Waals surface area (Å²) in [7, 11) is 0. The molecular formula is C24H25ClN2O5. The number of carbonyl (C=O) groups excluding carboxylic acids is 3. The molecule has 0 atom stereocenters. The number of ether oxygens (including phenoxy) is 2. The average Bonchev–Trinajstić information content (AvgIpc) is 2.75. The molecular weight excluding hydrogens is 432 g/mol. The zero-order valence-electron chi connectivity index (χ0n) is 18.2. The molecule has 0 bridgehead atoms. The van der Waals surface area contributed by atoms with Crippen molar-refractivity contribution >= 4 is 41.2 Å². The summed E-state index contributed by atoms with van der Waals surface area (Å²) in [4.78, 5) is 38.8. The quantitative estimate of drug-likeness (QED) is 0.347. The fourth-order valence-electron chi connectivity index (χ4n) is 3.11. The Labute approximate surface area is 191 Å². The highest BCUT2D eigenvalue weighted by atomic mass is 35.5. The molecule has 2 aromatic carbocycles. The van der Waals surface area contributed by atoms with Gasteiger partial charge in [-0.05, 0) is 61.7 Å². The van der Waals surface area contributed by atoms with E-state index in [0.29, 0.717) is 35.3 Å². The molecule has 1 fully saturated rings. The van der Waals surface area contributed by atoms with Gasteiger partial charge in [-0.2, -0.15) is 0 Å². The third-order valence-corrected chi connectivity index (χ3v) is 5.26. The van der Waals surface area contributed by atoms with Crippen LogP contribution in [0.25, 0.3) is 6.08 Å². The second-order valence-corrected chi connectivity index (χ2v) is 7.64. The highest BCUT2D eigenvalue weighted by molar-refractivity contribution is 6.39. The first kappa shape index (κ1) is 23.3. The number of imide groups is 2. The third kappa shape index (κ3) is 5.11.